The number of hydrogen-bond donors (Lipinski definition) is 1. The fourth-order valence-electron chi connectivity index (χ4n) is 4.34. The van der Waals surface area contributed by atoms with E-state index < -0.39 is 29.0 Å². The van der Waals surface area contributed by atoms with Gasteiger partial charge in [-0.25, -0.2) is 14.8 Å². The predicted octanol–water partition coefficient (Wildman–Crippen LogP) is 4.09. The molecule has 0 fully saturated rings. The Hall–Kier alpha value is -3.70. The van der Waals surface area contributed by atoms with Crippen LogP contribution < -0.4 is 0 Å². The first-order valence-corrected chi connectivity index (χ1v) is 14.1. The summed E-state index contributed by atoms with van der Waals surface area (Å²) in [7, 11) is 0. The number of carbonyl (C=O) groups is 2. The van der Waals surface area contributed by atoms with E-state index in [2.05, 4.69) is 11.9 Å². The first kappa shape index (κ1) is 27.3. The van der Waals surface area contributed by atoms with Crippen LogP contribution in [0.4, 0.5) is 0 Å². The summed E-state index contributed by atoms with van der Waals surface area (Å²) < 4.78 is 21.2. The number of hydrogen-bond acceptors (Lipinski definition) is 7. The molecule has 0 bridgehead atoms. The van der Waals surface area contributed by atoms with Gasteiger partial charge in [-0.1, -0.05) is 43.7 Å². The number of carboxylic acid groups (broad SMARTS) is 1. The Bertz CT molecular complexity index is 1450. The summed E-state index contributed by atoms with van der Waals surface area (Å²) in [4.78, 5) is 38.8. The van der Waals surface area contributed by atoms with Crippen LogP contribution in [0.2, 0.25) is 0 Å². The first-order chi connectivity index (χ1) is 18.3. The number of carbonyl (C=O) groups excluding carboxylic acids is 1. The molecule has 1 N–H and O–H groups in total. The molecule has 0 saturated heterocycles. The maximum Gasteiger partial charge on any atom is 0.362 e. The molecular formula is C27H31N5O5S. The second kappa shape index (κ2) is 11.8. The van der Waals surface area contributed by atoms with Crippen LogP contribution in [0, 0.1) is 0 Å². The van der Waals surface area contributed by atoms with Crippen LogP contribution in [0.15, 0.2) is 47.6 Å². The lowest BCUT2D eigenvalue weighted by Gasteiger charge is -2.12. The van der Waals surface area contributed by atoms with Gasteiger partial charge in [-0.05, 0) is 26.3 Å². The number of esters is 1. The molecule has 10 nitrogen and oxygen atoms in total. The van der Waals surface area contributed by atoms with E-state index >= 15 is 0 Å². The minimum atomic E-state index is -1.50. The Morgan fingerprint density at radius 2 is 1.87 bits per heavy atom. The number of fused-ring (bicyclic) bond motifs is 1. The largest absolute Gasteiger partial charge is 0.610 e. The van der Waals surface area contributed by atoms with Crippen LogP contribution in [0.5, 0.6) is 0 Å². The summed E-state index contributed by atoms with van der Waals surface area (Å²) in [6, 6.07) is 11.2. The third-order valence-electron chi connectivity index (χ3n) is 6.25. The quantitative estimate of drug-likeness (QED) is 0.223. The molecule has 0 radical (unpaired) electrons. The van der Waals surface area contributed by atoms with Crippen LogP contribution in [0.25, 0.3) is 17.0 Å². The zero-order valence-corrected chi connectivity index (χ0v) is 22.7. The molecule has 0 saturated carbocycles. The first-order valence-electron chi connectivity index (χ1n) is 12.5. The number of benzene rings is 1. The summed E-state index contributed by atoms with van der Waals surface area (Å²) >= 11 is -1.50. The SMILES string of the molecule is CCCCc1nc([S+](C)[O-])c(C(=O)OCC)n1Cc1ccn2c(C(C)C(=O)O)c(-c3ccccc3)nc2n1. The summed E-state index contributed by atoms with van der Waals surface area (Å²) in [5.41, 5.74) is 2.62. The molecule has 1 aromatic carbocycles. The lowest BCUT2D eigenvalue weighted by Crippen LogP contribution is -2.18. The van der Waals surface area contributed by atoms with Crippen molar-refractivity contribution in [2.24, 2.45) is 0 Å². The molecule has 4 rings (SSSR count). The molecule has 0 aliphatic carbocycles. The number of aromatic nitrogens is 5. The van der Waals surface area contributed by atoms with Crippen molar-refractivity contribution in [2.75, 3.05) is 12.9 Å². The van der Waals surface area contributed by atoms with E-state index in [1.165, 1.54) is 6.26 Å². The molecule has 3 heterocycles. The van der Waals surface area contributed by atoms with Gasteiger partial charge in [0.05, 0.1) is 36.2 Å². The summed E-state index contributed by atoms with van der Waals surface area (Å²) in [6.45, 7) is 5.76. The summed E-state index contributed by atoms with van der Waals surface area (Å²) in [5.74, 6) is -1.39. The number of unbranched alkanes of at least 4 members (excludes halogenated alkanes) is 1. The number of carboxylic acids is 1. The van der Waals surface area contributed by atoms with Gasteiger partial charge >= 0.3 is 11.9 Å². The van der Waals surface area contributed by atoms with Crippen LogP contribution in [-0.2, 0) is 33.7 Å². The third-order valence-corrected chi connectivity index (χ3v) is 7.08. The highest BCUT2D eigenvalue weighted by Crippen LogP contribution is 2.30. The molecule has 2 unspecified atom stereocenters. The van der Waals surface area contributed by atoms with E-state index in [1.807, 2.05) is 30.3 Å². The van der Waals surface area contributed by atoms with Crippen molar-refractivity contribution in [2.45, 2.75) is 57.5 Å². The maximum atomic E-state index is 12.9. The van der Waals surface area contributed by atoms with E-state index in [-0.39, 0.29) is 23.9 Å². The normalized spacial score (nSPS) is 13.0. The average molecular weight is 538 g/mol. The Balaban J connectivity index is 1.84. The van der Waals surface area contributed by atoms with Crippen molar-refractivity contribution in [3.8, 4) is 11.3 Å². The average Bonchev–Trinajstić information content (AvgIpc) is 3.46. The number of aryl methyl sites for hydroxylation is 1. The van der Waals surface area contributed by atoms with Crippen LogP contribution in [0.3, 0.4) is 0 Å². The highest BCUT2D eigenvalue weighted by molar-refractivity contribution is 7.90. The molecule has 3 aromatic heterocycles. The van der Waals surface area contributed by atoms with Gasteiger partial charge in [0.25, 0.3) is 5.03 Å². The molecule has 0 amide bonds. The zero-order valence-electron chi connectivity index (χ0n) is 21.9. The van der Waals surface area contributed by atoms with Crippen molar-refractivity contribution in [1.29, 1.82) is 0 Å². The summed E-state index contributed by atoms with van der Waals surface area (Å²) in [6.07, 6.45) is 5.61. The minimum absolute atomic E-state index is 0.161. The smallest absolute Gasteiger partial charge is 0.362 e. The minimum Gasteiger partial charge on any atom is -0.610 e. The highest BCUT2D eigenvalue weighted by atomic mass is 32.2. The zero-order chi connectivity index (χ0) is 27.4. The number of ether oxygens (including phenoxy) is 1. The lowest BCUT2D eigenvalue weighted by molar-refractivity contribution is -0.138. The molecular weight excluding hydrogens is 506 g/mol. The highest BCUT2D eigenvalue weighted by Gasteiger charge is 2.31. The van der Waals surface area contributed by atoms with Crippen molar-refractivity contribution in [1.82, 2.24) is 23.9 Å². The van der Waals surface area contributed by atoms with Crippen LogP contribution in [0.1, 0.15) is 67.2 Å². The van der Waals surface area contributed by atoms with Gasteiger partial charge in [-0.3, -0.25) is 9.20 Å². The number of nitrogens with zero attached hydrogens (tertiary/aromatic N) is 5. The van der Waals surface area contributed by atoms with Crippen molar-refractivity contribution in [3.63, 3.8) is 0 Å². The molecule has 11 heteroatoms. The van der Waals surface area contributed by atoms with Crippen LogP contribution >= 0.6 is 0 Å². The topological polar surface area (TPSA) is 135 Å². The lowest BCUT2D eigenvalue weighted by atomic mass is 10.0. The second-order valence-electron chi connectivity index (χ2n) is 8.91. The van der Waals surface area contributed by atoms with Gasteiger partial charge in [0, 0.05) is 29.4 Å². The van der Waals surface area contributed by atoms with E-state index in [9.17, 15) is 19.2 Å². The van der Waals surface area contributed by atoms with E-state index in [0.29, 0.717) is 35.1 Å². The van der Waals surface area contributed by atoms with Crippen molar-refractivity contribution in [3.05, 3.63) is 65.5 Å². The Morgan fingerprint density at radius 1 is 1.13 bits per heavy atom. The van der Waals surface area contributed by atoms with E-state index in [0.717, 1.165) is 18.4 Å². The van der Waals surface area contributed by atoms with Gasteiger partial charge in [-0.15, -0.1) is 0 Å². The predicted molar refractivity (Wildman–Crippen MR) is 143 cm³/mol. The molecule has 2 atom stereocenters. The molecule has 200 valence electrons. The van der Waals surface area contributed by atoms with Gasteiger partial charge < -0.3 is 19.0 Å². The number of rotatable bonds is 11. The number of aliphatic carboxylic acids is 1. The van der Waals surface area contributed by atoms with Gasteiger partial charge in [0.15, 0.2) is 0 Å². The van der Waals surface area contributed by atoms with E-state index in [4.69, 9.17) is 14.7 Å². The van der Waals surface area contributed by atoms with Gasteiger partial charge in [0.2, 0.25) is 11.5 Å². The van der Waals surface area contributed by atoms with Crippen molar-refractivity contribution >= 4 is 28.9 Å². The standard InChI is InChI=1S/C27H31N5O5S/c1-5-7-13-20-29-24(38(4)36)23(26(35)37-6-2)32(20)16-19-14-15-31-22(17(3)25(33)34)21(30-27(31)28-19)18-11-9-8-10-12-18/h8-12,14-15,17H,5-7,13,16H2,1-4H3,(H,33,34). The van der Waals surface area contributed by atoms with E-state index in [1.54, 1.807) is 35.1 Å². The fraction of sp³-hybridized carbons (Fsp3) is 0.370. The molecule has 0 spiro atoms. The third kappa shape index (κ3) is 5.44. The molecule has 0 aliphatic heterocycles. The maximum absolute atomic E-state index is 12.9. The summed E-state index contributed by atoms with van der Waals surface area (Å²) in [5, 5.41) is 9.96. The second-order valence-corrected chi connectivity index (χ2v) is 10.2. The Labute approximate surface area is 223 Å². The molecule has 0 aliphatic rings. The molecule has 38 heavy (non-hydrogen) atoms. The van der Waals surface area contributed by atoms with Gasteiger partial charge in [0.1, 0.15) is 12.1 Å². The number of imidazole rings is 2. The molecule has 4 aromatic rings. The Kier molecular flexibility index (Phi) is 8.48. The monoisotopic (exact) mass is 537 g/mol. The van der Waals surface area contributed by atoms with Gasteiger partial charge in [-0.2, -0.15) is 4.98 Å². The van der Waals surface area contributed by atoms with Crippen molar-refractivity contribution < 1.29 is 24.0 Å². The van der Waals surface area contributed by atoms with Crippen LogP contribution in [-0.4, -0.2) is 58.4 Å². The fourth-order valence-corrected chi connectivity index (χ4v) is 5.04. The Morgan fingerprint density at radius 3 is 2.50 bits per heavy atom.